The van der Waals surface area contributed by atoms with Crippen LogP contribution in [-0.4, -0.2) is 7.11 Å². The third-order valence-electron chi connectivity index (χ3n) is 2.39. The SMILES string of the molecule is COc1cccc2ccc(C(Br)(Br)Br)cc12. The summed E-state index contributed by atoms with van der Waals surface area (Å²) in [6, 6.07) is 12.2. The van der Waals surface area contributed by atoms with Crippen molar-refractivity contribution in [3.05, 3.63) is 42.0 Å². The van der Waals surface area contributed by atoms with Crippen molar-refractivity contribution in [3.8, 4) is 5.75 Å². The van der Waals surface area contributed by atoms with Crippen molar-refractivity contribution in [1.82, 2.24) is 0 Å². The number of hydrogen-bond donors (Lipinski definition) is 0. The molecule has 0 N–H and O–H groups in total. The quantitative estimate of drug-likeness (QED) is 0.593. The number of ether oxygens (including phenoxy) is 1. The van der Waals surface area contributed by atoms with Crippen LogP contribution in [0, 0.1) is 0 Å². The molecule has 0 fully saturated rings. The van der Waals surface area contributed by atoms with Crippen molar-refractivity contribution in [3.63, 3.8) is 0 Å². The number of halogens is 3. The summed E-state index contributed by atoms with van der Waals surface area (Å²) >= 11 is 10.5. The maximum absolute atomic E-state index is 5.35. The van der Waals surface area contributed by atoms with E-state index in [0.717, 1.165) is 16.7 Å². The molecule has 1 nitrogen and oxygen atoms in total. The first-order chi connectivity index (χ1) is 7.52. The summed E-state index contributed by atoms with van der Waals surface area (Å²) < 4.78 is 4.96. The predicted octanol–water partition coefficient (Wildman–Crippen LogP) is 5.14. The molecule has 84 valence electrons. The second-order valence-electron chi connectivity index (χ2n) is 3.39. The van der Waals surface area contributed by atoms with Crippen LogP contribution in [0.1, 0.15) is 5.56 Å². The lowest BCUT2D eigenvalue weighted by atomic mass is 10.1. The summed E-state index contributed by atoms with van der Waals surface area (Å²) in [5.41, 5.74) is 1.09. The average Bonchev–Trinajstić information content (AvgIpc) is 2.26. The van der Waals surface area contributed by atoms with Crippen molar-refractivity contribution in [2.24, 2.45) is 0 Å². The normalized spacial score (nSPS) is 11.8. The largest absolute Gasteiger partial charge is 0.496 e. The number of benzene rings is 2. The summed E-state index contributed by atoms with van der Waals surface area (Å²) in [6.07, 6.45) is 0. The minimum atomic E-state index is -0.387. The van der Waals surface area contributed by atoms with E-state index in [2.05, 4.69) is 72.1 Å². The third-order valence-corrected chi connectivity index (χ3v) is 3.76. The highest BCUT2D eigenvalue weighted by atomic mass is 80.0. The summed E-state index contributed by atoms with van der Waals surface area (Å²) in [4.78, 5) is 0. The van der Waals surface area contributed by atoms with Crippen molar-refractivity contribution < 1.29 is 4.74 Å². The molecular formula is C12H9Br3O. The van der Waals surface area contributed by atoms with Crippen LogP contribution < -0.4 is 4.74 Å². The summed E-state index contributed by atoms with van der Waals surface area (Å²) in [6.45, 7) is 0. The monoisotopic (exact) mass is 406 g/mol. The molecule has 2 aromatic rings. The van der Waals surface area contributed by atoms with Gasteiger partial charge in [-0.15, -0.1) is 0 Å². The zero-order valence-electron chi connectivity index (χ0n) is 8.51. The number of methoxy groups -OCH3 is 1. The molecule has 0 saturated heterocycles. The molecule has 0 unspecified atom stereocenters. The standard InChI is InChI=1S/C12H9Br3O/c1-16-11-4-2-3-8-5-6-9(7-10(8)11)12(13,14)15/h2-7H,1H3. The van der Waals surface area contributed by atoms with E-state index in [4.69, 9.17) is 4.74 Å². The van der Waals surface area contributed by atoms with Crippen LogP contribution in [0.25, 0.3) is 10.8 Å². The fourth-order valence-corrected chi connectivity index (χ4v) is 2.34. The van der Waals surface area contributed by atoms with Gasteiger partial charge >= 0.3 is 0 Å². The van der Waals surface area contributed by atoms with Crippen LogP contribution in [0.5, 0.6) is 5.75 Å². The molecule has 0 heterocycles. The van der Waals surface area contributed by atoms with Crippen molar-refractivity contribution in [2.45, 2.75) is 2.14 Å². The van der Waals surface area contributed by atoms with E-state index in [1.807, 2.05) is 12.1 Å². The number of hydrogen-bond acceptors (Lipinski definition) is 1. The van der Waals surface area contributed by atoms with Gasteiger partial charge in [-0.1, -0.05) is 72.1 Å². The molecule has 0 bridgehead atoms. The van der Waals surface area contributed by atoms with Gasteiger partial charge in [-0.3, -0.25) is 0 Å². The Morgan fingerprint density at radius 1 is 1.06 bits per heavy atom. The fraction of sp³-hybridized carbons (Fsp3) is 0.167. The van der Waals surface area contributed by atoms with Gasteiger partial charge in [0.05, 0.1) is 7.11 Å². The third kappa shape index (κ3) is 2.44. The molecule has 16 heavy (non-hydrogen) atoms. The lowest BCUT2D eigenvalue weighted by Crippen LogP contribution is -1.97. The molecule has 0 aliphatic heterocycles. The van der Waals surface area contributed by atoms with E-state index in [0.29, 0.717) is 0 Å². The average molecular weight is 409 g/mol. The summed E-state index contributed by atoms with van der Waals surface area (Å²) in [5, 5.41) is 2.27. The molecule has 0 amide bonds. The molecule has 0 saturated carbocycles. The van der Waals surface area contributed by atoms with Gasteiger partial charge < -0.3 is 4.74 Å². The highest BCUT2D eigenvalue weighted by Gasteiger charge is 2.21. The highest BCUT2D eigenvalue weighted by molar-refractivity contribution is 9.38. The number of rotatable bonds is 1. The van der Waals surface area contributed by atoms with Crippen molar-refractivity contribution in [2.75, 3.05) is 7.11 Å². The van der Waals surface area contributed by atoms with E-state index >= 15 is 0 Å². The Hall–Kier alpha value is -0.0600. The second kappa shape index (κ2) is 4.67. The van der Waals surface area contributed by atoms with E-state index in [1.165, 1.54) is 5.39 Å². The number of fused-ring (bicyclic) bond motifs is 1. The van der Waals surface area contributed by atoms with E-state index in [-0.39, 0.29) is 2.14 Å². The molecule has 0 aliphatic carbocycles. The smallest absolute Gasteiger partial charge is 0.159 e. The molecule has 2 aromatic carbocycles. The first kappa shape index (κ1) is 12.4. The van der Waals surface area contributed by atoms with Gasteiger partial charge in [0.1, 0.15) is 5.75 Å². The van der Waals surface area contributed by atoms with Crippen LogP contribution in [-0.2, 0) is 2.14 Å². The molecule has 0 spiro atoms. The first-order valence-electron chi connectivity index (χ1n) is 4.66. The van der Waals surface area contributed by atoms with E-state index in [9.17, 15) is 0 Å². The second-order valence-corrected chi connectivity index (χ2v) is 10.2. The fourth-order valence-electron chi connectivity index (χ4n) is 1.60. The van der Waals surface area contributed by atoms with Crippen LogP contribution in [0.2, 0.25) is 0 Å². The topological polar surface area (TPSA) is 9.23 Å². The van der Waals surface area contributed by atoms with Crippen LogP contribution in [0.3, 0.4) is 0 Å². The molecule has 0 atom stereocenters. The van der Waals surface area contributed by atoms with E-state index < -0.39 is 0 Å². The van der Waals surface area contributed by atoms with Gasteiger partial charge in [0.15, 0.2) is 2.14 Å². The van der Waals surface area contributed by atoms with Crippen LogP contribution in [0.4, 0.5) is 0 Å². The van der Waals surface area contributed by atoms with Gasteiger partial charge in [-0.25, -0.2) is 0 Å². The molecule has 0 radical (unpaired) electrons. The molecule has 0 aromatic heterocycles. The van der Waals surface area contributed by atoms with E-state index in [1.54, 1.807) is 7.11 Å². The predicted molar refractivity (Wildman–Crippen MR) is 79.0 cm³/mol. The summed E-state index contributed by atoms with van der Waals surface area (Å²) in [5.74, 6) is 0.885. The molecule has 2 rings (SSSR count). The number of alkyl halides is 3. The van der Waals surface area contributed by atoms with Gasteiger partial charge in [-0.05, 0) is 23.1 Å². The van der Waals surface area contributed by atoms with Crippen LogP contribution in [0.15, 0.2) is 36.4 Å². The van der Waals surface area contributed by atoms with Gasteiger partial charge in [0.2, 0.25) is 0 Å². The van der Waals surface area contributed by atoms with Gasteiger partial charge in [-0.2, -0.15) is 0 Å². The Morgan fingerprint density at radius 2 is 1.81 bits per heavy atom. The highest BCUT2D eigenvalue weighted by Crippen LogP contribution is 2.45. The Kier molecular flexibility index (Phi) is 3.62. The van der Waals surface area contributed by atoms with Crippen molar-refractivity contribution in [1.29, 1.82) is 0 Å². The van der Waals surface area contributed by atoms with Gasteiger partial charge in [0, 0.05) is 5.39 Å². The maximum Gasteiger partial charge on any atom is 0.159 e. The molecular weight excluding hydrogens is 400 g/mol. The van der Waals surface area contributed by atoms with Crippen LogP contribution >= 0.6 is 47.8 Å². The first-order valence-corrected chi connectivity index (χ1v) is 7.04. The van der Waals surface area contributed by atoms with Gasteiger partial charge in [0.25, 0.3) is 0 Å². The Morgan fingerprint density at radius 3 is 2.44 bits per heavy atom. The summed E-state index contributed by atoms with van der Waals surface area (Å²) in [7, 11) is 1.69. The zero-order valence-corrected chi connectivity index (χ0v) is 13.3. The Labute approximate surface area is 120 Å². The lowest BCUT2D eigenvalue weighted by molar-refractivity contribution is 0.420. The van der Waals surface area contributed by atoms with Crippen molar-refractivity contribution >= 4 is 58.6 Å². The minimum absolute atomic E-state index is 0.387. The minimum Gasteiger partial charge on any atom is -0.496 e. The molecule has 4 heteroatoms. The Balaban J connectivity index is 2.68. The maximum atomic E-state index is 5.35. The molecule has 0 aliphatic rings. The Bertz CT molecular complexity index is 517. The lowest BCUT2D eigenvalue weighted by Gasteiger charge is -2.14. The zero-order chi connectivity index (χ0) is 11.8.